The van der Waals surface area contributed by atoms with Crippen molar-refractivity contribution in [2.75, 3.05) is 6.61 Å². The summed E-state index contributed by atoms with van der Waals surface area (Å²) in [5.41, 5.74) is 3.76. The van der Waals surface area contributed by atoms with E-state index in [1.54, 1.807) is 48.5 Å². The van der Waals surface area contributed by atoms with Crippen LogP contribution < -0.4 is 26.0 Å². The number of rotatable bonds is 9. The summed E-state index contributed by atoms with van der Waals surface area (Å²) in [6.45, 7) is -0.408. The highest BCUT2D eigenvalue weighted by Crippen LogP contribution is 2.21. The SMILES string of the molecule is O=C1COc2ccc(cc2)C[C@@H](C(=O)O)NC(=O)[C@H](CCc2ccccc2)NC(=O)[C@@H](Cc2ccc(-c3ccc(F)cc3)cc2)NC(=O)[C@H](Cc2cccs2)N1. The number of benzene rings is 4. The molecule has 4 atom stereocenters. The van der Waals surface area contributed by atoms with E-state index < -0.39 is 60.4 Å². The normalized spacial score (nSPS) is 19.6. The summed E-state index contributed by atoms with van der Waals surface area (Å²) in [6, 6.07) is 27.9. The molecule has 5 aromatic rings. The van der Waals surface area contributed by atoms with Gasteiger partial charge < -0.3 is 31.1 Å². The van der Waals surface area contributed by atoms with E-state index in [9.17, 15) is 33.5 Å². The van der Waals surface area contributed by atoms with Crippen LogP contribution in [0.5, 0.6) is 5.75 Å². The summed E-state index contributed by atoms with van der Waals surface area (Å²) in [5, 5.41) is 23.0. The lowest BCUT2D eigenvalue weighted by atomic mass is 9.99. The van der Waals surface area contributed by atoms with Crippen LogP contribution in [0.1, 0.15) is 28.0 Å². The Kier molecular flexibility index (Phi) is 13.2. The number of fused-ring (bicyclic) bond motifs is 16. The van der Waals surface area contributed by atoms with Gasteiger partial charge in [0.1, 0.15) is 35.7 Å². The summed E-state index contributed by atoms with van der Waals surface area (Å²) in [7, 11) is 0. The fourth-order valence-electron chi connectivity index (χ4n) is 6.34. The zero-order chi connectivity index (χ0) is 39.4. The topological polar surface area (TPSA) is 163 Å². The van der Waals surface area contributed by atoms with Crippen LogP contribution in [0.15, 0.2) is 121 Å². The second-order valence-electron chi connectivity index (χ2n) is 13.5. The number of thiophene rings is 1. The first kappa shape index (κ1) is 39.4. The summed E-state index contributed by atoms with van der Waals surface area (Å²) in [6.07, 6.45) is 0.601. The van der Waals surface area contributed by atoms with Crippen molar-refractivity contribution in [1.82, 2.24) is 21.3 Å². The quantitative estimate of drug-likeness (QED) is 0.136. The molecule has 0 saturated carbocycles. The second kappa shape index (κ2) is 18.8. The van der Waals surface area contributed by atoms with Crippen LogP contribution in [-0.4, -0.2) is 65.5 Å². The van der Waals surface area contributed by atoms with Gasteiger partial charge in [-0.15, -0.1) is 11.3 Å². The number of aryl methyl sites for hydroxylation is 1. The largest absolute Gasteiger partial charge is 0.484 e. The molecule has 3 heterocycles. The van der Waals surface area contributed by atoms with Gasteiger partial charge in [0.15, 0.2) is 6.61 Å². The molecule has 0 spiro atoms. The van der Waals surface area contributed by atoms with E-state index in [1.165, 1.54) is 23.5 Å². The first-order valence-electron chi connectivity index (χ1n) is 18.2. The summed E-state index contributed by atoms with van der Waals surface area (Å²) < 4.78 is 19.2. The Morgan fingerprint density at radius 1 is 0.679 bits per heavy atom. The number of aliphatic carboxylic acids is 1. The maximum atomic E-state index is 14.3. The molecule has 288 valence electrons. The van der Waals surface area contributed by atoms with E-state index in [2.05, 4.69) is 21.3 Å². The van der Waals surface area contributed by atoms with Gasteiger partial charge in [-0.05, 0) is 76.4 Å². The molecule has 1 aromatic heterocycles. The number of carboxylic acids is 1. The molecule has 11 nitrogen and oxygen atoms in total. The van der Waals surface area contributed by atoms with E-state index in [0.29, 0.717) is 23.3 Å². The maximum Gasteiger partial charge on any atom is 0.326 e. The Morgan fingerprint density at radius 2 is 1.30 bits per heavy atom. The minimum Gasteiger partial charge on any atom is -0.484 e. The molecule has 7 rings (SSSR count). The van der Waals surface area contributed by atoms with E-state index in [0.717, 1.165) is 21.6 Å². The lowest BCUT2D eigenvalue weighted by molar-refractivity contribution is -0.142. The predicted molar refractivity (Wildman–Crippen MR) is 209 cm³/mol. The third-order valence-corrected chi connectivity index (χ3v) is 10.3. The third kappa shape index (κ3) is 11.1. The van der Waals surface area contributed by atoms with Crippen LogP contribution in [-0.2, 0) is 49.7 Å². The number of carbonyl (C=O) groups excluding carboxylic acids is 4. The van der Waals surface area contributed by atoms with E-state index in [1.807, 2.05) is 60.0 Å². The zero-order valence-electron chi connectivity index (χ0n) is 30.3. The van der Waals surface area contributed by atoms with Crippen molar-refractivity contribution < 1.29 is 38.2 Å². The number of carbonyl (C=O) groups is 5. The number of hydrogen-bond donors (Lipinski definition) is 5. The number of ether oxygens (including phenoxy) is 1. The number of nitrogens with one attached hydrogen (secondary N) is 4. The molecule has 2 aliphatic heterocycles. The highest BCUT2D eigenvalue weighted by Gasteiger charge is 2.32. The molecule has 0 saturated heterocycles. The lowest BCUT2D eigenvalue weighted by Gasteiger charge is -2.26. The number of halogens is 1. The first-order valence-corrected chi connectivity index (χ1v) is 19.0. The zero-order valence-corrected chi connectivity index (χ0v) is 31.1. The summed E-state index contributed by atoms with van der Waals surface area (Å²) in [4.78, 5) is 68.7. The first-order chi connectivity index (χ1) is 27.1. The smallest absolute Gasteiger partial charge is 0.326 e. The van der Waals surface area contributed by atoms with Crippen molar-refractivity contribution >= 4 is 40.9 Å². The molecule has 56 heavy (non-hydrogen) atoms. The molecule has 0 fully saturated rings. The van der Waals surface area contributed by atoms with Gasteiger partial charge in [-0.2, -0.15) is 0 Å². The van der Waals surface area contributed by atoms with Crippen LogP contribution in [0.4, 0.5) is 4.39 Å². The Labute approximate surface area is 327 Å². The fourth-order valence-corrected chi connectivity index (χ4v) is 7.10. The van der Waals surface area contributed by atoms with Gasteiger partial charge in [0, 0.05) is 24.1 Å². The maximum absolute atomic E-state index is 14.3. The number of amides is 4. The monoisotopic (exact) mass is 776 g/mol. The van der Waals surface area contributed by atoms with Gasteiger partial charge in [0.05, 0.1) is 0 Å². The second-order valence-corrected chi connectivity index (χ2v) is 14.5. The van der Waals surface area contributed by atoms with Crippen molar-refractivity contribution in [3.05, 3.63) is 148 Å². The Hall–Kier alpha value is -6.34. The standard InChI is InChI=1S/C43H41FN4O7S/c44-32-17-15-31(16-18-32)30-13-8-28(9-14-30)23-36-41(51)46-35(21-12-27-5-2-1-3-6-27)40(50)48-38(43(53)54)24-29-10-19-33(20-11-29)55-26-39(49)45-37(42(52)47-36)25-34-7-4-22-56-34/h1-11,13-20,22,35-38H,12,21,23-26H2,(H,45,49)(H,46,51)(H,47,52)(H,48,50)(H,53,54)/t35-,36+,37-,38-/m0/s1. The van der Waals surface area contributed by atoms with E-state index in [-0.39, 0.29) is 31.5 Å². The Bertz CT molecular complexity index is 2110. The Balaban J connectivity index is 1.32. The van der Waals surface area contributed by atoms with Crippen LogP contribution >= 0.6 is 11.3 Å². The van der Waals surface area contributed by atoms with Gasteiger partial charge in [0.2, 0.25) is 17.7 Å². The van der Waals surface area contributed by atoms with Crippen LogP contribution in [0, 0.1) is 5.82 Å². The summed E-state index contributed by atoms with van der Waals surface area (Å²) in [5.74, 6) is -3.85. The molecule has 4 aromatic carbocycles. The predicted octanol–water partition coefficient (Wildman–Crippen LogP) is 4.63. The molecule has 4 amide bonds. The van der Waals surface area contributed by atoms with Crippen molar-refractivity contribution in [2.45, 2.75) is 56.3 Å². The molecule has 2 bridgehead atoms. The van der Waals surface area contributed by atoms with Gasteiger partial charge in [-0.25, -0.2) is 9.18 Å². The van der Waals surface area contributed by atoms with Crippen LogP contribution in [0.2, 0.25) is 0 Å². The Morgan fingerprint density at radius 3 is 1.95 bits per heavy atom. The van der Waals surface area contributed by atoms with E-state index >= 15 is 0 Å². The number of hydrogen-bond acceptors (Lipinski definition) is 7. The average molecular weight is 777 g/mol. The molecule has 0 unspecified atom stereocenters. The van der Waals surface area contributed by atoms with Gasteiger partial charge in [-0.3, -0.25) is 19.2 Å². The molecule has 0 radical (unpaired) electrons. The summed E-state index contributed by atoms with van der Waals surface area (Å²) >= 11 is 1.41. The highest BCUT2D eigenvalue weighted by molar-refractivity contribution is 7.09. The highest BCUT2D eigenvalue weighted by atomic mass is 32.1. The van der Waals surface area contributed by atoms with Crippen molar-refractivity contribution in [3.63, 3.8) is 0 Å². The molecule has 2 aliphatic rings. The molecule has 5 N–H and O–H groups in total. The van der Waals surface area contributed by atoms with Crippen molar-refractivity contribution in [3.8, 4) is 16.9 Å². The minimum atomic E-state index is -1.33. The molecule has 0 aliphatic carbocycles. The lowest BCUT2D eigenvalue weighted by Crippen LogP contribution is -2.59. The van der Waals surface area contributed by atoms with Gasteiger partial charge in [-0.1, -0.05) is 84.9 Å². The van der Waals surface area contributed by atoms with Crippen LogP contribution in [0.25, 0.3) is 11.1 Å². The molecule has 13 heteroatoms. The average Bonchev–Trinajstić information content (AvgIpc) is 3.72. The van der Waals surface area contributed by atoms with Gasteiger partial charge in [0.25, 0.3) is 5.91 Å². The number of carboxylic acid groups (broad SMARTS) is 1. The molecular weight excluding hydrogens is 736 g/mol. The fraction of sp³-hybridized carbons (Fsp3) is 0.233. The van der Waals surface area contributed by atoms with Crippen molar-refractivity contribution in [1.29, 1.82) is 0 Å². The minimum absolute atomic E-state index is 0.00278. The molecular formula is C43H41FN4O7S. The van der Waals surface area contributed by atoms with Crippen LogP contribution in [0.3, 0.4) is 0 Å². The van der Waals surface area contributed by atoms with E-state index in [4.69, 9.17) is 4.74 Å². The third-order valence-electron chi connectivity index (χ3n) is 9.39. The van der Waals surface area contributed by atoms with Crippen molar-refractivity contribution in [2.24, 2.45) is 0 Å². The van der Waals surface area contributed by atoms with Gasteiger partial charge >= 0.3 is 5.97 Å².